The van der Waals surface area contributed by atoms with Crippen LogP contribution in [-0.4, -0.2) is 55.5 Å². The molecule has 0 fully saturated rings. The largest absolute Gasteiger partial charge is 0.444 e. The first-order chi connectivity index (χ1) is 9.19. The summed E-state index contributed by atoms with van der Waals surface area (Å²) < 4.78 is 5.01. The SMILES string of the molecule is C[C@@H](O)[C@H](NC(=O)OC(C)(C)C)C(=O)Nc1nn[nH]n1. The van der Waals surface area contributed by atoms with Crippen LogP contribution in [0.2, 0.25) is 0 Å². The fraction of sp³-hybridized carbons (Fsp3) is 0.700. The molecule has 10 heteroatoms. The van der Waals surface area contributed by atoms with Crippen molar-refractivity contribution in [2.75, 3.05) is 5.32 Å². The number of aliphatic hydroxyl groups excluding tert-OH is 1. The smallest absolute Gasteiger partial charge is 0.408 e. The van der Waals surface area contributed by atoms with Gasteiger partial charge in [0, 0.05) is 0 Å². The number of aromatic nitrogens is 4. The van der Waals surface area contributed by atoms with Crippen LogP contribution in [0, 0.1) is 0 Å². The molecule has 0 radical (unpaired) electrons. The van der Waals surface area contributed by atoms with Crippen LogP contribution >= 0.6 is 0 Å². The number of tetrazole rings is 1. The lowest BCUT2D eigenvalue weighted by atomic mass is 10.1. The van der Waals surface area contributed by atoms with Crippen LogP contribution in [0.1, 0.15) is 27.7 Å². The number of H-pyrrole nitrogens is 1. The number of nitrogens with zero attached hydrogens (tertiary/aromatic N) is 3. The number of amides is 2. The molecule has 0 aliphatic heterocycles. The van der Waals surface area contributed by atoms with E-state index in [4.69, 9.17) is 4.74 Å². The van der Waals surface area contributed by atoms with Gasteiger partial charge in [-0.3, -0.25) is 10.1 Å². The van der Waals surface area contributed by atoms with E-state index < -0.39 is 29.7 Å². The Morgan fingerprint density at radius 1 is 1.40 bits per heavy atom. The highest BCUT2D eigenvalue weighted by Crippen LogP contribution is 2.07. The van der Waals surface area contributed by atoms with Gasteiger partial charge in [-0.25, -0.2) is 4.79 Å². The zero-order valence-corrected chi connectivity index (χ0v) is 11.7. The molecule has 0 saturated heterocycles. The third-order valence-corrected chi connectivity index (χ3v) is 2.02. The highest BCUT2D eigenvalue weighted by atomic mass is 16.6. The molecule has 2 atom stereocenters. The predicted molar refractivity (Wildman–Crippen MR) is 67.6 cm³/mol. The van der Waals surface area contributed by atoms with Gasteiger partial charge in [0.05, 0.1) is 6.10 Å². The Kier molecular flexibility index (Phi) is 4.97. The van der Waals surface area contributed by atoms with Gasteiger partial charge in [0.1, 0.15) is 11.6 Å². The molecule has 0 unspecified atom stereocenters. The summed E-state index contributed by atoms with van der Waals surface area (Å²) in [5, 5.41) is 26.6. The van der Waals surface area contributed by atoms with E-state index in [-0.39, 0.29) is 5.95 Å². The number of nitrogens with one attached hydrogen (secondary N) is 3. The fourth-order valence-electron chi connectivity index (χ4n) is 1.24. The molecular weight excluding hydrogens is 268 g/mol. The second-order valence-electron chi connectivity index (χ2n) is 5.09. The maximum absolute atomic E-state index is 11.9. The molecule has 10 nitrogen and oxygen atoms in total. The van der Waals surface area contributed by atoms with Gasteiger partial charge in [-0.2, -0.15) is 5.21 Å². The number of hydrogen-bond acceptors (Lipinski definition) is 7. The van der Waals surface area contributed by atoms with Crippen LogP contribution in [0.15, 0.2) is 0 Å². The Hall–Kier alpha value is -2.23. The molecule has 1 rings (SSSR count). The van der Waals surface area contributed by atoms with E-state index >= 15 is 0 Å². The monoisotopic (exact) mass is 286 g/mol. The first-order valence-electron chi connectivity index (χ1n) is 5.91. The maximum Gasteiger partial charge on any atom is 0.408 e. The van der Waals surface area contributed by atoms with E-state index in [1.54, 1.807) is 20.8 Å². The zero-order chi connectivity index (χ0) is 15.3. The third kappa shape index (κ3) is 5.18. The fourth-order valence-corrected chi connectivity index (χ4v) is 1.24. The van der Waals surface area contributed by atoms with Crippen molar-refractivity contribution >= 4 is 17.9 Å². The number of rotatable bonds is 4. The summed E-state index contributed by atoms with van der Waals surface area (Å²) in [6, 6.07) is -1.21. The maximum atomic E-state index is 11.9. The minimum Gasteiger partial charge on any atom is -0.444 e. The lowest BCUT2D eigenvalue weighted by Crippen LogP contribution is -2.51. The lowest BCUT2D eigenvalue weighted by molar-refractivity contribution is -0.120. The average molecular weight is 286 g/mol. The van der Waals surface area contributed by atoms with E-state index in [1.165, 1.54) is 6.92 Å². The minimum absolute atomic E-state index is 0.0633. The molecule has 0 aliphatic rings. The van der Waals surface area contributed by atoms with Crippen LogP contribution in [-0.2, 0) is 9.53 Å². The zero-order valence-electron chi connectivity index (χ0n) is 11.7. The third-order valence-electron chi connectivity index (χ3n) is 2.02. The average Bonchev–Trinajstić information content (AvgIpc) is 2.75. The summed E-state index contributed by atoms with van der Waals surface area (Å²) in [6.07, 6.45) is -1.94. The number of carbonyl (C=O) groups is 2. The van der Waals surface area contributed by atoms with Gasteiger partial charge in [0.15, 0.2) is 0 Å². The van der Waals surface area contributed by atoms with Crippen molar-refractivity contribution in [3.8, 4) is 0 Å². The predicted octanol–water partition coefficient (Wildman–Crippen LogP) is -0.588. The molecular formula is C10H18N6O4. The van der Waals surface area contributed by atoms with E-state index in [0.717, 1.165) is 0 Å². The highest BCUT2D eigenvalue weighted by molar-refractivity contribution is 5.95. The molecule has 2 amide bonds. The molecule has 0 bridgehead atoms. The number of anilines is 1. The summed E-state index contributed by atoms with van der Waals surface area (Å²) in [5.41, 5.74) is -0.711. The summed E-state index contributed by atoms with van der Waals surface area (Å²) in [4.78, 5) is 23.5. The minimum atomic E-state index is -1.21. The van der Waals surface area contributed by atoms with Crippen molar-refractivity contribution in [2.24, 2.45) is 0 Å². The van der Waals surface area contributed by atoms with Crippen molar-refractivity contribution in [1.82, 2.24) is 25.9 Å². The van der Waals surface area contributed by atoms with E-state index in [9.17, 15) is 14.7 Å². The van der Waals surface area contributed by atoms with Crippen LogP contribution in [0.25, 0.3) is 0 Å². The van der Waals surface area contributed by atoms with Crippen LogP contribution in [0.5, 0.6) is 0 Å². The number of ether oxygens (including phenoxy) is 1. The van der Waals surface area contributed by atoms with Crippen molar-refractivity contribution in [3.63, 3.8) is 0 Å². The molecule has 0 aromatic carbocycles. The van der Waals surface area contributed by atoms with Crippen molar-refractivity contribution in [2.45, 2.75) is 45.4 Å². The standard InChI is InChI=1S/C10H18N6O4/c1-5(17)6(11-9(19)20-10(2,3)4)7(18)12-8-13-15-16-14-8/h5-6,17H,1-4H3,(H,11,19)(H2,12,13,14,15,16,18)/t5-,6+/m1/s1. The van der Waals surface area contributed by atoms with Crippen LogP contribution in [0.3, 0.4) is 0 Å². The van der Waals surface area contributed by atoms with Gasteiger partial charge >= 0.3 is 6.09 Å². The Morgan fingerprint density at radius 3 is 2.50 bits per heavy atom. The Labute approximate surface area is 115 Å². The van der Waals surface area contributed by atoms with Crippen LogP contribution < -0.4 is 10.6 Å². The van der Waals surface area contributed by atoms with E-state index in [1.807, 2.05) is 0 Å². The lowest BCUT2D eigenvalue weighted by Gasteiger charge is -2.24. The second kappa shape index (κ2) is 6.28. The molecule has 112 valence electrons. The summed E-state index contributed by atoms with van der Waals surface area (Å²) in [7, 11) is 0. The summed E-state index contributed by atoms with van der Waals surface area (Å²) in [6.45, 7) is 6.41. The number of alkyl carbamates (subject to hydrolysis) is 1. The Morgan fingerprint density at radius 2 is 2.05 bits per heavy atom. The molecule has 20 heavy (non-hydrogen) atoms. The topological polar surface area (TPSA) is 142 Å². The normalized spacial score (nSPS) is 14.2. The molecule has 0 spiro atoms. The molecule has 0 aliphatic carbocycles. The van der Waals surface area contributed by atoms with Crippen molar-refractivity contribution in [3.05, 3.63) is 0 Å². The van der Waals surface area contributed by atoms with Crippen molar-refractivity contribution < 1.29 is 19.4 Å². The van der Waals surface area contributed by atoms with Gasteiger partial charge in [-0.05, 0) is 32.9 Å². The first-order valence-corrected chi connectivity index (χ1v) is 5.91. The Bertz CT molecular complexity index is 453. The summed E-state index contributed by atoms with van der Waals surface area (Å²) >= 11 is 0. The first kappa shape index (κ1) is 15.8. The van der Waals surface area contributed by atoms with Crippen molar-refractivity contribution in [1.29, 1.82) is 0 Å². The Balaban J connectivity index is 2.64. The number of hydrogen-bond donors (Lipinski definition) is 4. The molecule has 4 N–H and O–H groups in total. The summed E-state index contributed by atoms with van der Waals surface area (Å²) in [5.74, 6) is -0.751. The molecule has 1 heterocycles. The van der Waals surface area contributed by atoms with Gasteiger partial charge < -0.3 is 15.2 Å². The highest BCUT2D eigenvalue weighted by Gasteiger charge is 2.28. The van der Waals surface area contributed by atoms with Crippen LogP contribution in [0.4, 0.5) is 10.7 Å². The number of aromatic amines is 1. The molecule has 0 saturated carbocycles. The quantitative estimate of drug-likeness (QED) is 0.579. The molecule has 1 aromatic heterocycles. The number of aliphatic hydroxyl groups is 1. The van der Waals surface area contributed by atoms with E-state index in [0.29, 0.717) is 0 Å². The van der Waals surface area contributed by atoms with E-state index in [2.05, 4.69) is 31.3 Å². The van der Waals surface area contributed by atoms with Gasteiger partial charge in [0.2, 0.25) is 0 Å². The van der Waals surface area contributed by atoms with Gasteiger partial charge in [0.25, 0.3) is 11.9 Å². The second-order valence-corrected chi connectivity index (χ2v) is 5.09. The molecule has 1 aromatic rings. The van der Waals surface area contributed by atoms with Gasteiger partial charge in [-0.15, -0.1) is 5.10 Å². The number of carbonyl (C=O) groups excluding carboxylic acids is 2. The van der Waals surface area contributed by atoms with Gasteiger partial charge in [-0.1, -0.05) is 5.10 Å².